The number of carbonyl (C=O) groups excluding carboxylic acids is 1. The van der Waals surface area contributed by atoms with Gasteiger partial charge < -0.3 is 9.64 Å². The summed E-state index contributed by atoms with van der Waals surface area (Å²) in [6, 6.07) is 17.4. The van der Waals surface area contributed by atoms with E-state index < -0.39 is 0 Å². The summed E-state index contributed by atoms with van der Waals surface area (Å²) in [5, 5.41) is 4.37. The molecule has 0 aliphatic carbocycles. The molecule has 1 amide bonds. The van der Waals surface area contributed by atoms with Crippen LogP contribution >= 0.6 is 15.9 Å². The molecular formula is C20H21BrN4O2. The van der Waals surface area contributed by atoms with Crippen LogP contribution in [0, 0.1) is 6.92 Å². The third-order valence-electron chi connectivity index (χ3n) is 4.03. The fourth-order valence-corrected chi connectivity index (χ4v) is 2.84. The molecule has 1 aromatic heterocycles. The van der Waals surface area contributed by atoms with Gasteiger partial charge in [-0.25, -0.2) is 9.67 Å². The second-order valence-electron chi connectivity index (χ2n) is 6.12. The Balaban J connectivity index is 1.58. The van der Waals surface area contributed by atoms with Crippen LogP contribution in [0.2, 0.25) is 0 Å². The molecule has 2 aromatic carbocycles. The van der Waals surface area contributed by atoms with Gasteiger partial charge in [-0.05, 0) is 31.2 Å². The number of amides is 1. The molecule has 0 N–H and O–H groups in total. The summed E-state index contributed by atoms with van der Waals surface area (Å²) in [7, 11) is 1.76. The number of nitrogens with zero attached hydrogens (tertiary/aromatic N) is 4. The maximum absolute atomic E-state index is 12.6. The Labute approximate surface area is 166 Å². The number of benzene rings is 2. The Hall–Kier alpha value is -2.67. The topological polar surface area (TPSA) is 60.2 Å². The van der Waals surface area contributed by atoms with Crippen molar-refractivity contribution in [3.63, 3.8) is 0 Å². The highest BCUT2D eigenvalue weighted by Crippen LogP contribution is 2.17. The van der Waals surface area contributed by atoms with Crippen LogP contribution in [0.5, 0.6) is 5.75 Å². The number of rotatable bonds is 7. The molecule has 0 unspecified atom stereocenters. The molecule has 0 bridgehead atoms. The van der Waals surface area contributed by atoms with Gasteiger partial charge in [0.2, 0.25) is 5.91 Å². The minimum absolute atomic E-state index is 0.0449. The Morgan fingerprint density at radius 1 is 1.15 bits per heavy atom. The molecule has 140 valence electrons. The van der Waals surface area contributed by atoms with E-state index in [4.69, 9.17) is 4.74 Å². The number of halogens is 1. The highest BCUT2D eigenvalue weighted by molar-refractivity contribution is 9.10. The van der Waals surface area contributed by atoms with Gasteiger partial charge in [-0.3, -0.25) is 4.79 Å². The van der Waals surface area contributed by atoms with Crippen LogP contribution in [-0.4, -0.2) is 45.8 Å². The zero-order valence-electron chi connectivity index (χ0n) is 15.3. The first-order chi connectivity index (χ1) is 13.0. The molecule has 0 radical (unpaired) electrons. The predicted molar refractivity (Wildman–Crippen MR) is 107 cm³/mol. The predicted octanol–water partition coefficient (Wildman–Crippen LogP) is 3.55. The van der Waals surface area contributed by atoms with Crippen molar-refractivity contribution in [2.75, 3.05) is 20.2 Å². The van der Waals surface area contributed by atoms with E-state index in [-0.39, 0.29) is 12.5 Å². The van der Waals surface area contributed by atoms with Crippen LogP contribution in [-0.2, 0) is 11.3 Å². The smallest absolute Gasteiger partial charge is 0.244 e. The van der Waals surface area contributed by atoms with Crippen LogP contribution < -0.4 is 4.74 Å². The van der Waals surface area contributed by atoms with Gasteiger partial charge in [-0.2, -0.15) is 5.10 Å². The third kappa shape index (κ3) is 5.17. The van der Waals surface area contributed by atoms with Crippen molar-refractivity contribution >= 4 is 21.8 Å². The van der Waals surface area contributed by atoms with Crippen molar-refractivity contribution in [2.24, 2.45) is 0 Å². The molecule has 3 aromatic rings. The Kier molecular flexibility index (Phi) is 6.24. The molecule has 27 heavy (non-hydrogen) atoms. The highest BCUT2D eigenvalue weighted by atomic mass is 79.9. The molecule has 6 nitrogen and oxygen atoms in total. The van der Waals surface area contributed by atoms with E-state index in [9.17, 15) is 4.79 Å². The molecule has 0 saturated heterocycles. The summed E-state index contributed by atoms with van der Waals surface area (Å²) in [4.78, 5) is 18.7. The molecule has 1 heterocycles. The molecule has 0 atom stereocenters. The van der Waals surface area contributed by atoms with Gasteiger partial charge in [-0.1, -0.05) is 46.3 Å². The zero-order chi connectivity index (χ0) is 19.2. The number of aromatic nitrogens is 3. The van der Waals surface area contributed by atoms with Crippen LogP contribution in [0.25, 0.3) is 11.4 Å². The van der Waals surface area contributed by atoms with Gasteiger partial charge in [0, 0.05) is 17.1 Å². The third-order valence-corrected chi connectivity index (χ3v) is 4.56. The van der Waals surface area contributed by atoms with E-state index >= 15 is 0 Å². The normalized spacial score (nSPS) is 10.6. The molecular weight excluding hydrogens is 408 g/mol. The number of hydrogen-bond donors (Lipinski definition) is 0. The number of carbonyl (C=O) groups is 1. The standard InChI is InChI=1S/C20H21BrN4O2/c1-15-22-20(16-6-4-3-5-7-16)25(23-15)14-19(26)24(2)12-13-27-18-10-8-17(21)9-11-18/h3-11H,12-14H2,1-2H3. The van der Waals surface area contributed by atoms with Gasteiger partial charge in [0.05, 0.1) is 6.54 Å². The number of ether oxygens (including phenoxy) is 1. The van der Waals surface area contributed by atoms with Crippen molar-refractivity contribution in [2.45, 2.75) is 13.5 Å². The van der Waals surface area contributed by atoms with E-state index in [1.807, 2.05) is 61.5 Å². The lowest BCUT2D eigenvalue weighted by Crippen LogP contribution is -2.34. The molecule has 0 saturated carbocycles. The van der Waals surface area contributed by atoms with E-state index in [1.165, 1.54) is 0 Å². The first kappa shape index (κ1) is 19.1. The lowest BCUT2D eigenvalue weighted by atomic mass is 10.2. The second kappa shape index (κ2) is 8.81. The Morgan fingerprint density at radius 3 is 2.56 bits per heavy atom. The molecule has 0 fully saturated rings. The van der Waals surface area contributed by atoms with E-state index in [0.717, 1.165) is 15.8 Å². The maximum atomic E-state index is 12.6. The lowest BCUT2D eigenvalue weighted by Gasteiger charge is -2.18. The van der Waals surface area contributed by atoms with Crippen LogP contribution in [0.1, 0.15) is 5.82 Å². The Morgan fingerprint density at radius 2 is 1.85 bits per heavy atom. The van der Waals surface area contributed by atoms with E-state index in [2.05, 4.69) is 26.0 Å². The van der Waals surface area contributed by atoms with Crippen LogP contribution in [0.3, 0.4) is 0 Å². The lowest BCUT2D eigenvalue weighted by molar-refractivity contribution is -0.131. The number of hydrogen-bond acceptors (Lipinski definition) is 4. The minimum Gasteiger partial charge on any atom is -0.492 e. The fraction of sp³-hybridized carbons (Fsp3) is 0.250. The van der Waals surface area contributed by atoms with E-state index in [1.54, 1.807) is 16.6 Å². The molecule has 0 aliphatic heterocycles. The highest BCUT2D eigenvalue weighted by Gasteiger charge is 2.15. The van der Waals surface area contributed by atoms with Gasteiger partial charge in [-0.15, -0.1) is 0 Å². The molecule has 7 heteroatoms. The zero-order valence-corrected chi connectivity index (χ0v) is 16.9. The number of likely N-dealkylation sites (N-methyl/N-ethyl adjacent to an activating group) is 1. The molecule has 0 aliphatic rings. The maximum Gasteiger partial charge on any atom is 0.244 e. The Bertz CT molecular complexity index is 894. The van der Waals surface area contributed by atoms with Crippen molar-refractivity contribution < 1.29 is 9.53 Å². The summed E-state index contributed by atoms with van der Waals surface area (Å²) in [5.74, 6) is 2.07. The van der Waals surface area contributed by atoms with Gasteiger partial charge in [0.1, 0.15) is 24.7 Å². The van der Waals surface area contributed by atoms with Crippen molar-refractivity contribution in [3.05, 3.63) is 64.9 Å². The minimum atomic E-state index is -0.0449. The van der Waals surface area contributed by atoms with Crippen molar-refractivity contribution in [1.29, 1.82) is 0 Å². The summed E-state index contributed by atoms with van der Waals surface area (Å²) in [6.45, 7) is 2.87. The van der Waals surface area contributed by atoms with Crippen LogP contribution in [0.4, 0.5) is 0 Å². The van der Waals surface area contributed by atoms with Crippen molar-refractivity contribution in [1.82, 2.24) is 19.7 Å². The summed E-state index contributed by atoms with van der Waals surface area (Å²) in [5.41, 5.74) is 0.937. The quantitative estimate of drug-likeness (QED) is 0.577. The first-order valence-corrected chi connectivity index (χ1v) is 9.41. The second-order valence-corrected chi connectivity index (χ2v) is 7.04. The number of aryl methyl sites for hydroxylation is 1. The van der Waals surface area contributed by atoms with Gasteiger partial charge >= 0.3 is 0 Å². The van der Waals surface area contributed by atoms with Gasteiger partial charge in [0.25, 0.3) is 0 Å². The fourth-order valence-electron chi connectivity index (χ4n) is 2.57. The summed E-state index contributed by atoms with van der Waals surface area (Å²) >= 11 is 3.39. The monoisotopic (exact) mass is 428 g/mol. The average Bonchev–Trinajstić information content (AvgIpc) is 3.04. The first-order valence-electron chi connectivity index (χ1n) is 8.62. The average molecular weight is 429 g/mol. The SMILES string of the molecule is Cc1nc(-c2ccccc2)n(CC(=O)N(C)CCOc2ccc(Br)cc2)n1. The molecule has 0 spiro atoms. The summed E-state index contributed by atoms with van der Waals surface area (Å²) < 4.78 is 8.33. The largest absolute Gasteiger partial charge is 0.492 e. The van der Waals surface area contributed by atoms with Crippen LogP contribution in [0.15, 0.2) is 59.1 Å². The van der Waals surface area contributed by atoms with Crippen molar-refractivity contribution in [3.8, 4) is 17.1 Å². The van der Waals surface area contributed by atoms with E-state index in [0.29, 0.717) is 24.8 Å². The molecule has 3 rings (SSSR count). The summed E-state index contributed by atoms with van der Waals surface area (Å²) in [6.07, 6.45) is 0. The van der Waals surface area contributed by atoms with Gasteiger partial charge in [0.15, 0.2) is 5.82 Å².